The van der Waals surface area contributed by atoms with Crippen LogP contribution in [0.2, 0.25) is 0 Å². The van der Waals surface area contributed by atoms with Gasteiger partial charge in [0.1, 0.15) is 5.78 Å². The van der Waals surface area contributed by atoms with Crippen LogP contribution < -0.4 is 0 Å². The Labute approximate surface area is 87.1 Å². The summed E-state index contributed by atoms with van der Waals surface area (Å²) in [7, 11) is 4.20. The second-order valence-electron chi connectivity index (χ2n) is 4.53. The van der Waals surface area contributed by atoms with Crippen molar-refractivity contribution in [3.63, 3.8) is 0 Å². The van der Waals surface area contributed by atoms with Crippen LogP contribution in [-0.4, -0.2) is 55.4 Å². The molecule has 0 aromatic heterocycles. The first-order valence-electron chi connectivity index (χ1n) is 5.50. The van der Waals surface area contributed by atoms with Crippen molar-refractivity contribution in [1.29, 1.82) is 0 Å². The molecule has 1 aliphatic rings. The highest BCUT2D eigenvalue weighted by molar-refractivity contribution is 5.79. The maximum absolute atomic E-state index is 11.2. The number of likely N-dealkylation sites (tertiary alicyclic amines) is 1. The highest BCUT2D eigenvalue weighted by Crippen LogP contribution is 2.13. The van der Waals surface area contributed by atoms with Crippen molar-refractivity contribution in [3.05, 3.63) is 0 Å². The fourth-order valence-corrected chi connectivity index (χ4v) is 1.97. The SMILES string of the molecule is CC1CC(=O)CCN1CCCN(C)C. The molecule has 14 heavy (non-hydrogen) atoms. The summed E-state index contributed by atoms with van der Waals surface area (Å²) in [5.74, 6) is 0.432. The van der Waals surface area contributed by atoms with Crippen molar-refractivity contribution in [1.82, 2.24) is 9.80 Å². The fraction of sp³-hybridized carbons (Fsp3) is 0.909. The lowest BCUT2D eigenvalue weighted by atomic mass is 10.0. The molecule has 0 bridgehead atoms. The molecule has 3 heteroatoms. The Kier molecular flexibility index (Phi) is 4.55. The molecule has 0 saturated carbocycles. The molecule has 0 amide bonds. The van der Waals surface area contributed by atoms with Crippen LogP contribution in [0, 0.1) is 0 Å². The minimum atomic E-state index is 0.432. The first-order chi connectivity index (χ1) is 6.59. The van der Waals surface area contributed by atoms with E-state index in [1.54, 1.807) is 0 Å². The number of nitrogens with zero attached hydrogens (tertiary/aromatic N) is 2. The Balaban J connectivity index is 2.20. The number of hydrogen-bond donors (Lipinski definition) is 0. The summed E-state index contributed by atoms with van der Waals surface area (Å²) in [5.41, 5.74) is 0. The van der Waals surface area contributed by atoms with Gasteiger partial charge in [-0.3, -0.25) is 9.69 Å². The van der Waals surface area contributed by atoms with Crippen molar-refractivity contribution >= 4 is 5.78 Å². The number of piperidine rings is 1. The highest BCUT2D eigenvalue weighted by atomic mass is 16.1. The van der Waals surface area contributed by atoms with Crippen LogP contribution in [0.4, 0.5) is 0 Å². The molecule has 0 aliphatic carbocycles. The Bertz CT molecular complexity index is 192. The maximum Gasteiger partial charge on any atom is 0.135 e. The van der Waals surface area contributed by atoms with Gasteiger partial charge in [0, 0.05) is 25.4 Å². The van der Waals surface area contributed by atoms with Gasteiger partial charge in [0.2, 0.25) is 0 Å². The number of hydrogen-bond acceptors (Lipinski definition) is 3. The van der Waals surface area contributed by atoms with Crippen LogP contribution in [0.1, 0.15) is 26.2 Å². The average Bonchev–Trinajstić information content (AvgIpc) is 2.08. The van der Waals surface area contributed by atoms with Crippen molar-refractivity contribution in [2.75, 3.05) is 33.7 Å². The lowest BCUT2D eigenvalue weighted by molar-refractivity contribution is -0.122. The van der Waals surface area contributed by atoms with Crippen LogP contribution in [0.3, 0.4) is 0 Å². The zero-order chi connectivity index (χ0) is 10.6. The van der Waals surface area contributed by atoms with Crippen LogP contribution in [0.15, 0.2) is 0 Å². The van der Waals surface area contributed by atoms with Gasteiger partial charge in [0.15, 0.2) is 0 Å². The molecule has 1 heterocycles. The van der Waals surface area contributed by atoms with Crippen molar-refractivity contribution in [2.24, 2.45) is 0 Å². The third-order valence-corrected chi connectivity index (χ3v) is 2.87. The quantitative estimate of drug-likeness (QED) is 0.673. The standard InChI is InChI=1S/C11H22N2O/c1-10-9-11(14)5-8-13(10)7-4-6-12(2)3/h10H,4-9H2,1-3H3. The van der Waals surface area contributed by atoms with Gasteiger partial charge in [-0.15, -0.1) is 0 Å². The molecule has 1 atom stereocenters. The van der Waals surface area contributed by atoms with E-state index in [1.165, 1.54) is 6.42 Å². The zero-order valence-corrected chi connectivity index (χ0v) is 9.62. The number of carbonyl (C=O) groups is 1. The Morgan fingerprint density at radius 1 is 1.50 bits per heavy atom. The summed E-state index contributed by atoms with van der Waals surface area (Å²) in [6, 6.07) is 0.457. The third kappa shape index (κ3) is 3.76. The fourth-order valence-electron chi connectivity index (χ4n) is 1.97. The Morgan fingerprint density at radius 2 is 2.21 bits per heavy atom. The van der Waals surface area contributed by atoms with E-state index in [-0.39, 0.29) is 0 Å². The zero-order valence-electron chi connectivity index (χ0n) is 9.62. The summed E-state index contributed by atoms with van der Waals surface area (Å²) >= 11 is 0. The third-order valence-electron chi connectivity index (χ3n) is 2.87. The minimum absolute atomic E-state index is 0.432. The molecule has 0 aromatic rings. The molecule has 1 rings (SSSR count). The lowest BCUT2D eigenvalue weighted by Gasteiger charge is -2.32. The summed E-state index contributed by atoms with van der Waals surface area (Å²) in [6.45, 7) is 5.39. The first-order valence-corrected chi connectivity index (χ1v) is 5.50. The van der Waals surface area contributed by atoms with E-state index in [1.807, 2.05) is 0 Å². The van der Waals surface area contributed by atoms with Crippen LogP contribution in [0.25, 0.3) is 0 Å². The summed E-state index contributed by atoms with van der Waals surface area (Å²) in [5, 5.41) is 0. The average molecular weight is 198 g/mol. The highest BCUT2D eigenvalue weighted by Gasteiger charge is 2.22. The van der Waals surface area contributed by atoms with Crippen molar-refractivity contribution < 1.29 is 4.79 Å². The van der Waals surface area contributed by atoms with Gasteiger partial charge >= 0.3 is 0 Å². The van der Waals surface area contributed by atoms with E-state index in [0.29, 0.717) is 11.8 Å². The van der Waals surface area contributed by atoms with Crippen molar-refractivity contribution in [3.8, 4) is 0 Å². The molecule has 1 saturated heterocycles. The normalized spacial score (nSPS) is 24.6. The molecule has 0 radical (unpaired) electrons. The minimum Gasteiger partial charge on any atom is -0.309 e. The molecule has 1 fully saturated rings. The van der Waals surface area contributed by atoms with Gasteiger partial charge in [0.25, 0.3) is 0 Å². The molecule has 0 spiro atoms. The second kappa shape index (κ2) is 5.47. The number of rotatable bonds is 4. The molecule has 0 N–H and O–H groups in total. The Hall–Kier alpha value is -0.410. The van der Waals surface area contributed by atoms with E-state index in [0.717, 1.165) is 32.5 Å². The van der Waals surface area contributed by atoms with Crippen LogP contribution in [-0.2, 0) is 4.79 Å². The number of ketones is 1. The van der Waals surface area contributed by atoms with Gasteiger partial charge in [-0.1, -0.05) is 0 Å². The molecule has 3 nitrogen and oxygen atoms in total. The topological polar surface area (TPSA) is 23.6 Å². The summed E-state index contributed by atoms with van der Waals surface area (Å²) in [4.78, 5) is 15.8. The van der Waals surface area contributed by atoms with E-state index < -0.39 is 0 Å². The predicted octanol–water partition coefficient (Wildman–Crippen LogP) is 0.991. The van der Waals surface area contributed by atoms with Gasteiger partial charge in [0.05, 0.1) is 0 Å². The number of Topliss-reactive ketones (excluding diaryl/α,β-unsaturated/α-hetero) is 1. The van der Waals surface area contributed by atoms with Gasteiger partial charge in [-0.25, -0.2) is 0 Å². The van der Waals surface area contributed by atoms with Crippen molar-refractivity contribution in [2.45, 2.75) is 32.2 Å². The Morgan fingerprint density at radius 3 is 2.79 bits per heavy atom. The van der Waals surface area contributed by atoms with E-state index in [4.69, 9.17) is 0 Å². The van der Waals surface area contributed by atoms with E-state index >= 15 is 0 Å². The summed E-state index contributed by atoms with van der Waals surface area (Å²) in [6.07, 6.45) is 2.71. The van der Waals surface area contributed by atoms with Gasteiger partial charge in [-0.05, 0) is 40.5 Å². The second-order valence-corrected chi connectivity index (χ2v) is 4.53. The molecule has 0 aromatic carbocycles. The summed E-state index contributed by atoms with van der Waals surface area (Å²) < 4.78 is 0. The van der Waals surface area contributed by atoms with Gasteiger partial charge in [-0.2, -0.15) is 0 Å². The van der Waals surface area contributed by atoms with Gasteiger partial charge < -0.3 is 4.90 Å². The molecule has 1 aliphatic heterocycles. The smallest absolute Gasteiger partial charge is 0.135 e. The maximum atomic E-state index is 11.2. The predicted molar refractivity (Wildman–Crippen MR) is 58.4 cm³/mol. The molecule has 1 unspecified atom stereocenters. The van der Waals surface area contributed by atoms with Crippen LogP contribution >= 0.6 is 0 Å². The van der Waals surface area contributed by atoms with E-state index in [2.05, 4.69) is 30.8 Å². The molecule has 82 valence electrons. The monoisotopic (exact) mass is 198 g/mol. The molecular formula is C11H22N2O. The lowest BCUT2D eigenvalue weighted by Crippen LogP contribution is -2.42. The van der Waals surface area contributed by atoms with Crippen LogP contribution in [0.5, 0.6) is 0 Å². The largest absolute Gasteiger partial charge is 0.309 e. The molecular weight excluding hydrogens is 176 g/mol. The van der Waals surface area contributed by atoms with E-state index in [9.17, 15) is 4.79 Å². The number of carbonyl (C=O) groups excluding carboxylic acids is 1. The first kappa shape index (κ1) is 11.7.